The molecule has 0 radical (unpaired) electrons. The second-order valence-electron chi connectivity index (χ2n) is 10.2. The van der Waals surface area contributed by atoms with E-state index in [1.165, 1.54) is 43.4 Å². The van der Waals surface area contributed by atoms with Gasteiger partial charge in [0.05, 0.1) is 23.6 Å². The molecule has 12 heteroatoms. The van der Waals surface area contributed by atoms with Crippen LogP contribution in [0.15, 0.2) is 52.9 Å². The Morgan fingerprint density at radius 2 is 1.79 bits per heavy atom. The molecule has 2 aromatic carbocycles. The van der Waals surface area contributed by atoms with Crippen molar-refractivity contribution in [1.29, 1.82) is 5.26 Å². The summed E-state index contributed by atoms with van der Waals surface area (Å²) in [5.74, 6) is -2.62. The van der Waals surface area contributed by atoms with Crippen molar-refractivity contribution in [3.8, 4) is 28.5 Å². The maximum atomic E-state index is 14.9. The lowest BCUT2D eigenvalue weighted by Gasteiger charge is -2.23. The van der Waals surface area contributed by atoms with E-state index < -0.39 is 42.0 Å². The summed E-state index contributed by atoms with van der Waals surface area (Å²) in [7, 11) is 1.40. The molecular weight excluding hydrogens is 554 g/mol. The highest BCUT2D eigenvalue weighted by Crippen LogP contribution is 2.40. The van der Waals surface area contributed by atoms with Gasteiger partial charge in [-0.25, -0.2) is 17.6 Å². The molecule has 1 aliphatic rings. The van der Waals surface area contributed by atoms with Gasteiger partial charge in [-0.1, -0.05) is 0 Å². The zero-order valence-electron chi connectivity index (χ0n) is 22.5. The minimum absolute atomic E-state index is 0.0178. The highest BCUT2D eigenvalue weighted by molar-refractivity contribution is 6.11. The van der Waals surface area contributed by atoms with Crippen molar-refractivity contribution < 1.29 is 31.6 Å². The third kappa shape index (κ3) is 5.63. The third-order valence-electron chi connectivity index (χ3n) is 7.14. The molecule has 216 valence electrons. The van der Waals surface area contributed by atoms with Gasteiger partial charge in [-0.05, 0) is 79.8 Å². The number of benzene rings is 2. The predicted octanol–water partition coefficient (Wildman–Crippen LogP) is 5.90. The molecule has 1 aliphatic carbocycles. The molecular formula is C30H25F4N5O3. The first-order valence-electron chi connectivity index (χ1n) is 13.0. The highest BCUT2D eigenvalue weighted by atomic mass is 19.3. The summed E-state index contributed by atoms with van der Waals surface area (Å²) >= 11 is 0. The van der Waals surface area contributed by atoms with Crippen molar-refractivity contribution in [2.24, 2.45) is 5.92 Å². The lowest BCUT2D eigenvalue weighted by Crippen LogP contribution is -2.46. The zero-order valence-corrected chi connectivity index (χ0v) is 22.5. The van der Waals surface area contributed by atoms with Crippen molar-refractivity contribution in [1.82, 2.24) is 15.6 Å². The molecule has 3 N–H and O–H groups in total. The van der Waals surface area contributed by atoms with Crippen molar-refractivity contribution in [2.45, 2.75) is 31.7 Å². The lowest BCUT2D eigenvalue weighted by atomic mass is 9.96. The largest absolute Gasteiger partial charge is 0.437 e. The third-order valence-corrected chi connectivity index (χ3v) is 7.14. The normalized spacial score (nSPS) is 14.3. The number of carbonyl (C=O) groups is 2. The number of halogens is 4. The maximum Gasteiger partial charge on any atom is 0.255 e. The molecule has 1 saturated carbocycles. The van der Waals surface area contributed by atoms with E-state index in [0.717, 1.165) is 25.0 Å². The van der Waals surface area contributed by atoms with Gasteiger partial charge in [-0.15, -0.1) is 0 Å². The second-order valence-corrected chi connectivity index (χ2v) is 10.2. The number of carbonyl (C=O) groups excluding carboxylic acids is 2. The van der Waals surface area contributed by atoms with Gasteiger partial charge in [0.2, 0.25) is 5.71 Å². The van der Waals surface area contributed by atoms with Crippen LogP contribution >= 0.6 is 0 Å². The number of amides is 2. The van der Waals surface area contributed by atoms with E-state index in [-0.39, 0.29) is 50.8 Å². The van der Waals surface area contributed by atoms with Gasteiger partial charge in [-0.2, -0.15) is 10.2 Å². The van der Waals surface area contributed by atoms with Crippen LogP contribution in [0.25, 0.3) is 33.6 Å². The van der Waals surface area contributed by atoms with Crippen molar-refractivity contribution in [3.63, 3.8) is 0 Å². The standard InChI is InChI=1S/C30H25F4N5O3/c1-30(14-35,18-5-6-18)39-27(40)17-9-16(10-20(32)11-17)21-12-22-24(28(41)36-2)25(15-3-7-19(31)8-4-15)42-29(22)38-26(21)37-13-23(33)34/h3-4,7-12,18,23H,5-6,13H2,1-2H3,(H,36,41)(H,37,38)(H,39,40). The Labute approximate surface area is 237 Å². The highest BCUT2D eigenvalue weighted by Gasteiger charge is 2.43. The first kappa shape index (κ1) is 28.6. The molecule has 1 atom stereocenters. The Morgan fingerprint density at radius 3 is 2.40 bits per heavy atom. The first-order valence-corrected chi connectivity index (χ1v) is 13.0. The SMILES string of the molecule is CNC(=O)c1c(-c2ccc(F)cc2)oc2nc(NCC(F)F)c(-c3cc(F)cc(C(=O)NC(C)(C#N)C4CC4)c3)cc12. The number of nitrogens with zero attached hydrogens (tertiary/aromatic N) is 2. The number of alkyl halides is 2. The molecule has 2 aromatic heterocycles. The van der Waals surface area contributed by atoms with E-state index in [1.807, 2.05) is 0 Å². The summed E-state index contributed by atoms with van der Waals surface area (Å²) in [6, 6.07) is 12.2. The lowest BCUT2D eigenvalue weighted by molar-refractivity contribution is 0.0915. The van der Waals surface area contributed by atoms with E-state index in [1.54, 1.807) is 6.92 Å². The number of hydrogen-bond donors (Lipinski definition) is 3. The fourth-order valence-electron chi connectivity index (χ4n) is 4.77. The van der Waals surface area contributed by atoms with Crippen LogP contribution in [0.3, 0.4) is 0 Å². The summed E-state index contributed by atoms with van der Waals surface area (Å²) in [6.45, 7) is 0.800. The van der Waals surface area contributed by atoms with Crippen molar-refractivity contribution in [3.05, 3.63) is 71.3 Å². The van der Waals surface area contributed by atoms with Gasteiger partial charge in [0.1, 0.15) is 28.8 Å². The monoisotopic (exact) mass is 579 g/mol. The quantitative estimate of drug-likeness (QED) is 0.213. The second kappa shape index (κ2) is 11.2. The predicted molar refractivity (Wildman–Crippen MR) is 147 cm³/mol. The van der Waals surface area contributed by atoms with Gasteiger partial charge in [-0.3, -0.25) is 9.59 Å². The fraction of sp³-hybridized carbons (Fsp3) is 0.267. The summed E-state index contributed by atoms with van der Waals surface area (Å²) in [5, 5.41) is 17.5. The summed E-state index contributed by atoms with van der Waals surface area (Å²) < 4.78 is 60.8. The number of furan rings is 1. The Balaban J connectivity index is 1.67. The summed E-state index contributed by atoms with van der Waals surface area (Å²) in [5.41, 5.74) is -0.712. The smallest absolute Gasteiger partial charge is 0.255 e. The number of rotatable bonds is 9. The topological polar surface area (TPSA) is 120 Å². The molecule has 42 heavy (non-hydrogen) atoms. The first-order chi connectivity index (χ1) is 20.0. The van der Waals surface area contributed by atoms with E-state index in [0.29, 0.717) is 5.56 Å². The molecule has 2 amide bonds. The summed E-state index contributed by atoms with van der Waals surface area (Å²) in [4.78, 5) is 30.4. The van der Waals surface area contributed by atoms with E-state index in [4.69, 9.17) is 4.42 Å². The average Bonchev–Trinajstić information content (AvgIpc) is 3.77. The number of fused-ring (bicyclic) bond motifs is 1. The Bertz CT molecular complexity index is 1730. The van der Waals surface area contributed by atoms with E-state index >= 15 is 0 Å². The molecule has 0 bridgehead atoms. The molecule has 1 unspecified atom stereocenters. The minimum atomic E-state index is -2.76. The van der Waals surface area contributed by atoms with Crippen LogP contribution in [-0.4, -0.2) is 42.4 Å². The van der Waals surface area contributed by atoms with Crippen LogP contribution in [0.5, 0.6) is 0 Å². The molecule has 0 aliphatic heterocycles. The number of hydrogen-bond acceptors (Lipinski definition) is 6. The molecule has 8 nitrogen and oxygen atoms in total. The van der Waals surface area contributed by atoms with Crippen molar-refractivity contribution in [2.75, 3.05) is 18.9 Å². The van der Waals surface area contributed by atoms with Gasteiger partial charge < -0.3 is 20.4 Å². The van der Waals surface area contributed by atoms with Crippen LogP contribution in [0, 0.1) is 28.9 Å². The molecule has 0 spiro atoms. The van der Waals surface area contributed by atoms with Crippen LogP contribution < -0.4 is 16.0 Å². The van der Waals surface area contributed by atoms with Crippen molar-refractivity contribution >= 4 is 28.7 Å². The molecule has 2 heterocycles. The van der Waals surface area contributed by atoms with Gasteiger partial charge >= 0.3 is 0 Å². The van der Waals surface area contributed by atoms with Gasteiger partial charge in [0.15, 0.2) is 0 Å². The van der Waals surface area contributed by atoms with Gasteiger partial charge in [0, 0.05) is 23.7 Å². The number of nitriles is 1. The van der Waals surface area contributed by atoms with Crippen LogP contribution in [0.2, 0.25) is 0 Å². The molecule has 4 aromatic rings. The number of nitrogens with one attached hydrogen (secondary N) is 3. The Morgan fingerprint density at radius 1 is 1.07 bits per heavy atom. The zero-order chi connectivity index (χ0) is 30.2. The molecule has 1 fully saturated rings. The number of anilines is 1. The maximum absolute atomic E-state index is 14.9. The minimum Gasteiger partial charge on any atom is -0.437 e. The molecule has 0 saturated heterocycles. The fourth-order valence-corrected chi connectivity index (χ4v) is 4.77. The summed E-state index contributed by atoms with van der Waals surface area (Å²) in [6.07, 6.45) is -1.20. The van der Waals surface area contributed by atoms with Crippen LogP contribution in [0.1, 0.15) is 40.5 Å². The van der Waals surface area contributed by atoms with Crippen LogP contribution in [-0.2, 0) is 0 Å². The van der Waals surface area contributed by atoms with E-state index in [9.17, 15) is 32.4 Å². The van der Waals surface area contributed by atoms with Crippen LogP contribution in [0.4, 0.5) is 23.4 Å². The number of aromatic nitrogens is 1. The number of pyridine rings is 1. The van der Waals surface area contributed by atoms with Gasteiger partial charge in [0.25, 0.3) is 18.2 Å². The Hall–Kier alpha value is -4.92. The Kier molecular flexibility index (Phi) is 7.60. The van der Waals surface area contributed by atoms with E-state index in [2.05, 4.69) is 27.0 Å². The molecule has 5 rings (SSSR count). The average molecular weight is 580 g/mol.